The van der Waals surface area contributed by atoms with Gasteiger partial charge in [-0.3, -0.25) is 5.32 Å². The number of nitrogens with two attached hydrogens (primary N) is 1. The summed E-state index contributed by atoms with van der Waals surface area (Å²) in [6, 6.07) is 19.5. The normalized spacial score (nSPS) is 31.5. The van der Waals surface area contributed by atoms with Gasteiger partial charge in [0.15, 0.2) is 0 Å². The van der Waals surface area contributed by atoms with Crippen LogP contribution < -0.4 is 15.8 Å². The van der Waals surface area contributed by atoms with Crippen LogP contribution in [0.2, 0.25) is 0 Å². The summed E-state index contributed by atoms with van der Waals surface area (Å²) >= 11 is 0. The van der Waals surface area contributed by atoms with Gasteiger partial charge in [0.05, 0.1) is 12.8 Å². The molecule has 0 spiro atoms. The van der Waals surface area contributed by atoms with Crippen molar-refractivity contribution >= 4 is 0 Å². The summed E-state index contributed by atoms with van der Waals surface area (Å²) in [6.07, 6.45) is 5.68. The molecule has 0 aromatic heterocycles. The molecule has 132 valence electrons. The first-order valence-electron chi connectivity index (χ1n) is 9.42. The molecule has 1 saturated heterocycles. The van der Waals surface area contributed by atoms with Gasteiger partial charge >= 0.3 is 0 Å². The van der Waals surface area contributed by atoms with Crippen molar-refractivity contribution in [1.82, 2.24) is 5.32 Å². The molecule has 3 nitrogen and oxygen atoms in total. The minimum atomic E-state index is -0.208. The zero-order valence-corrected chi connectivity index (χ0v) is 14.9. The Morgan fingerprint density at radius 3 is 2.68 bits per heavy atom. The van der Waals surface area contributed by atoms with E-state index in [2.05, 4.69) is 53.8 Å². The molecule has 4 unspecified atom stereocenters. The van der Waals surface area contributed by atoms with Crippen LogP contribution in [0.25, 0.3) is 0 Å². The third kappa shape index (κ3) is 3.31. The van der Waals surface area contributed by atoms with Crippen molar-refractivity contribution < 1.29 is 4.74 Å². The molecule has 2 aromatic carbocycles. The van der Waals surface area contributed by atoms with Gasteiger partial charge in [-0.25, -0.2) is 0 Å². The van der Waals surface area contributed by atoms with Crippen molar-refractivity contribution in [3.05, 3.63) is 65.7 Å². The average Bonchev–Trinajstić information content (AvgIpc) is 2.65. The van der Waals surface area contributed by atoms with Crippen LogP contribution in [0.3, 0.4) is 0 Å². The Labute approximate surface area is 150 Å². The molecule has 4 atom stereocenters. The molecule has 25 heavy (non-hydrogen) atoms. The van der Waals surface area contributed by atoms with Crippen LogP contribution in [0.1, 0.15) is 42.9 Å². The highest BCUT2D eigenvalue weighted by Gasteiger charge is 2.46. The first-order valence-corrected chi connectivity index (χ1v) is 9.42. The smallest absolute Gasteiger partial charge is 0.122 e. The van der Waals surface area contributed by atoms with Gasteiger partial charge in [0.2, 0.25) is 0 Å². The third-order valence-electron chi connectivity index (χ3n) is 6.11. The summed E-state index contributed by atoms with van der Waals surface area (Å²) in [5.74, 6) is 2.19. The van der Waals surface area contributed by atoms with Crippen LogP contribution in [0.4, 0.5) is 0 Å². The Morgan fingerprint density at radius 2 is 1.88 bits per heavy atom. The molecular weight excluding hydrogens is 308 g/mol. The largest absolute Gasteiger partial charge is 0.496 e. The highest BCUT2D eigenvalue weighted by atomic mass is 16.5. The highest BCUT2D eigenvalue weighted by molar-refractivity contribution is 5.34. The SMILES string of the molecule is COc1ccccc1CC1C2CCCC(N)(C2)NC1c1ccccc1. The van der Waals surface area contributed by atoms with Gasteiger partial charge in [0.25, 0.3) is 0 Å². The van der Waals surface area contributed by atoms with Crippen LogP contribution >= 0.6 is 0 Å². The summed E-state index contributed by atoms with van der Waals surface area (Å²) in [5, 5.41) is 3.82. The average molecular weight is 336 g/mol. The van der Waals surface area contributed by atoms with E-state index >= 15 is 0 Å². The van der Waals surface area contributed by atoms with Crippen LogP contribution in [0, 0.1) is 11.8 Å². The van der Waals surface area contributed by atoms with E-state index in [-0.39, 0.29) is 5.66 Å². The third-order valence-corrected chi connectivity index (χ3v) is 6.11. The second-order valence-electron chi connectivity index (χ2n) is 7.73. The second-order valence-corrected chi connectivity index (χ2v) is 7.73. The summed E-state index contributed by atoms with van der Waals surface area (Å²) in [7, 11) is 1.76. The van der Waals surface area contributed by atoms with E-state index in [4.69, 9.17) is 10.5 Å². The predicted molar refractivity (Wildman–Crippen MR) is 101 cm³/mol. The van der Waals surface area contributed by atoms with E-state index in [9.17, 15) is 0 Å². The van der Waals surface area contributed by atoms with Crippen molar-refractivity contribution in [2.45, 2.75) is 43.8 Å². The number of nitrogens with one attached hydrogen (secondary N) is 1. The first-order chi connectivity index (χ1) is 12.2. The monoisotopic (exact) mass is 336 g/mol. The van der Waals surface area contributed by atoms with Crippen molar-refractivity contribution in [2.24, 2.45) is 17.6 Å². The molecular formula is C22H28N2O. The number of rotatable bonds is 4. The van der Waals surface area contributed by atoms with Crippen molar-refractivity contribution in [3.8, 4) is 5.75 Å². The number of hydrogen-bond donors (Lipinski definition) is 2. The van der Waals surface area contributed by atoms with Crippen LogP contribution in [0.15, 0.2) is 54.6 Å². The fourth-order valence-corrected chi connectivity index (χ4v) is 4.94. The van der Waals surface area contributed by atoms with E-state index in [0.717, 1.165) is 25.0 Å². The van der Waals surface area contributed by atoms with Gasteiger partial charge in [0.1, 0.15) is 5.75 Å². The lowest BCUT2D eigenvalue weighted by Crippen LogP contribution is -2.63. The summed E-state index contributed by atoms with van der Waals surface area (Å²) in [6.45, 7) is 0. The maximum atomic E-state index is 6.70. The zero-order valence-electron chi connectivity index (χ0n) is 14.9. The highest BCUT2D eigenvalue weighted by Crippen LogP contribution is 2.47. The number of piperidine rings is 1. The van der Waals surface area contributed by atoms with Gasteiger partial charge in [-0.2, -0.15) is 0 Å². The second kappa shape index (κ2) is 6.81. The molecule has 0 amide bonds. The Morgan fingerprint density at radius 1 is 1.12 bits per heavy atom. The van der Waals surface area contributed by atoms with E-state index in [1.54, 1.807) is 7.11 Å². The number of benzene rings is 2. The lowest BCUT2D eigenvalue weighted by atomic mass is 9.65. The minimum absolute atomic E-state index is 0.208. The van der Waals surface area contributed by atoms with Gasteiger partial charge in [-0.15, -0.1) is 0 Å². The van der Waals surface area contributed by atoms with E-state index in [1.807, 2.05) is 6.07 Å². The molecule has 1 saturated carbocycles. The Kier molecular flexibility index (Phi) is 4.53. The molecule has 3 N–H and O–H groups in total. The summed E-state index contributed by atoms with van der Waals surface area (Å²) < 4.78 is 5.61. The molecule has 1 heterocycles. The molecule has 4 rings (SSSR count). The molecule has 2 aliphatic rings. The molecule has 0 radical (unpaired) electrons. The number of hydrogen-bond acceptors (Lipinski definition) is 3. The lowest BCUT2D eigenvalue weighted by molar-refractivity contribution is 0.0425. The number of fused-ring (bicyclic) bond motifs is 2. The first kappa shape index (κ1) is 16.6. The van der Waals surface area contributed by atoms with Crippen molar-refractivity contribution in [2.75, 3.05) is 7.11 Å². The fourth-order valence-electron chi connectivity index (χ4n) is 4.94. The topological polar surface area (TPSA) is 47.3 Å². The number of ether oxygens (including phenoxy) is 1. The van der Waals surface area contributed by atoms with Crippen LogP contribution in [-0.2, 0) is 6.42 Å². The fraction of sp³-hybridized carbons (Fsp3) is 0.455. The Hall–Kier alpha value is -1.84. The molecule has 3 heteroatoms. The van der Waals surface area contributed by atoms with Crippen LogP contribution in [-0.4, -0.2) is 12.8 Å². The van der Waals surface area contributed by atoms with Crippen molar-refractivity contribution in [1.29, 1.82) is 0 Å². The zero-order chi connectivity index (χ0) is 17.3. The summed E-state index contributed by atoms with van der Waals surface area (Å²) in [5.41, 5.74) is 9.15. The van der Waals surface area contributed by atoms with Gasteiger partial charge in [-0.1, -0.05) is 48.5 Å². The van der Waals surface area contributed by atoms with E-state index in [1.165, 1.54) is 24.0 Å². The molecule has 2 aromatic rings. The Bertz CT molecular complexity index is 717. The molecule has 1 aliphatic heterocycles. The Balaban J connectivity index is 1.69. The van der Waals surface area contributed by atoms with E-state index in [0.29, 0.717) is 17.9 Å². The molecule has 2 bridgehead atoms. The maximum Gasteiger partial charge on any atom is 0.122 e. The van der Waals surface area contributed by atoms with Gasteiger partial charge in [0, 0.05) is 6.04 Å². The van der Waals surface area contributed by atoms with E-state index < -0.39 is 0 Å². The number of methoxy groups -OCH3 is 1. The molecule has 2 fully saturated rings. The predicted octanol–water partition coefficient (Wildman–Crippen LogP) is 4.04. The minimum Gasteiger partial charge on any atom is -0.496 e. The van der Waals surface area contributed by atoms with Gasteiger partial charge < -0.3 is 10.5 Å². The lowest BCUT2D eigenvalue weighted by Gasteiger charge is -2.52. The quantitative estimate of drug-likeness (QED) is 0.886. The van der Waals surface area contributed by atoms with Gasteiger partial charge in [-0.05, 0) is 61.1 Å². The van der Waals surface area contributed by atoms with Crippen LogP contribution in [0.5, 0.6) is 5.75 Å². The standard InChI is InChI=1S/C22H28N2O/c1-25-20-12-6-5-10-17(20)14-19-18-11-7-13-22(23,15-18)24-21(19)16-8-3-2-4-9-16/h2-6,8-10,12,18-19,21,24H,7,11,13-15,23H2,1H3. The molecule has 1 aliphatic carbocycles. The summed E-state index contributed by atoms with van der Waals surface area (Å²) in [4.78, 5) is 0. The van der Waals surface area contributed by atoms with Crippen molar-refractivity contribution in [3.63, 3.8) is 0 Å². The number of para-hydroxylation sites is 1. The maximum absolute atomic E-state index is 6.70.